The second kappa shape index (κ2) is 10.9. The zero-order valence-electron chi connectivity index (χ0n) is 18.2. The predicted octanol–water partition coefficient (Wildman–Crippen LogP) is 4.25. The Bertz CT molecular complexity index is 1120. The third kappa shape index (κ3) is 6.24. The molecule has 31 heavy (non-hydrogen) atoms. The number of aromatic nitrogens is 2. The molecule has 0 aliphatic rings. The quantitative estimate of drug-likeness (QED) is 0.280. The molecule has 0 aliphatic heterocycles. The predicted molar refractivity (Wildman–Crippen MR) is 125 cm³/mol. The highest BCUT2D eigenvalue weighted by Crippen LogP contribution is 2.25. The zero-order valence-corrected chi connectivity index (χ0v) is 19.0. The number of hydrogen-bond acceptors (Lipinski definition) is 6. The van der Waals surface area contributed by atoms with Crippen molar-refractivity contribution in [1.29, 1.82) is 0 Å². The van der Waals surface area contributed by atoms with Crippen LogP contribution < -0.4 is 15.7 Å². The number of benzene rings is 1. The Morgan fingerprint density at radius 3 is 2.74 bits per heavy atom. The number of nitrogens with one attached hydrogen (secondary N) is 2. The molecule has 2 N–H and O–H groups in total. The van der Waals surface area contributed by atoms with E-state index in [-0.39, 0.29) is 17.9 Å². The first kappa shape index (κ1) is 22.7. The average Bonchev–Trinajstić information content (AvgIpc) is 3.02. The molecule has 0 unspecified atom stereocenters. The van der Waals surface area contributed by atoms with Crippen molar-refractivity contribution in [3.63, 3.8) is 0 Å². The maximum Gasteiger partial charge on any atom is 0.259 e. The number of aromatic amines is 1. The maximum atomic E-state index is 12.3. The SMILES string of the molecule is CCCCCCOc1ccc(/C=N/NC(=O)Cc2nc3sc(C)c(C)c3c(=O)[nH]2)cc1. The van der Waals surface area contributed by atoms with Crippen LogP contribution in [0, 0.1) is 13.8 Å². The zero-order chi connectivity index (χ0) is 22.2. The van der Waals surface area contributed by atoms with Gasteiger partial charge in [0.05, 0.1) is 24.6 Å². The molecule has 0 aliphatic carbocycles. The van der Waals surface area contributed by atoms with Gasteiger partial charge in [-0.05, 0) is 55.7 Å². The van der Waals surface area contributed by atoms with Gasteiger partial charge >= 0.3 is 0 Å². The first-order valence-corrected chi connectivity index (χ1v) is 11.3. The average molecular weight is 441 g/mol. The van der Waals surface area contributed by atoms with Crippen LogP contribution in [0.1, 0.15) is 54.4 Å². The van der Waals surface area contributed by atoms with Crippen molar-refractivity contribution < 1.29 is 9.53 Å². The van der Waals surface area contributed by atoms with E-state index in [9.17, 15) is 9.59 Å². The van der Waals surface area contributed by atoms with E-state index < -0.39 is 0 Å². The van der Waals surface area contributed by atoms with Gasteiger partial charge in [-0.25, -0.2) is 10.4 Å². The second-order valence-electron chi connectivity index (χ2n) is 7.42. The molecule has 0 fully saturated rings. The summed E-state index contributed by atoms with van der Waals surface area (Å²) in [6.45, 7) is 6.76. The van der Waals surface area contributed by atoms with Crippen LogP contribution in [0.4, 0.5) is 0 Å². The van der Waals surface area contributed by atoms with Gasteiger partial charge in [0.15, 0.2) is 0 Å². The highest BCUT2D eigenvalue weighted by atomic mass is 32.1. The Hall–Kier alpha value is -3.00. The van der Waals surface area contributed by atoms with Gasteiger partial charge in [-0.2, -0.15) is 5.10 Å². The third-order valence-corrected chi connectivity index (χ3v) is 6.07. The Kier molecular flexibility index (Phi) is 7.94. The number of fused-ring (bicyclic) bond motifs is 1. The molecule has 0 atom stereocenters. The molecular formula is C23H28N4O3S. The molecule has 0 saturated carbocycles. The third-order valence-electron chi connectivity index (χ3n) is 4.97. The van der Waals surface area contributed by atoms with Crippen molar-refractivity contribution in [3.05, 3.63) is 56.4 Å². The number of carbonyl (C=O) groups is 1. The van der Waals surface area contributed by atoms with Gasteiger partial charge in [0.1, 0.15) is 16.4 Å². The van der Waals surface area contributed by atoms with Crippen LogP contribution >= 0.6 is 11.3 Å². The van der Waals surface area contributed by atoms with Crippen molar-refractivity contribution in [3.8, 4) is 5.75 Å². The van der Waals surface area contributed by atoms with E-state index in [0.717, 1.165) is 34.8 Å². The molecule has 1 amide bonds. The van der Waals surface area contributed by atoms with Crippen molar-refractivity contribution in [2.24, 2.45) is 5.10 Å². The number of thiophene rings is 1. The van der Waals surface area contributed by atoms with Gasteiger partial charge in [-0.1, -0.05) is 26.2 Å². The maximum absolute atomic E-state index is 12.3. The number of carbonyl (C=O) groups excluding carboxylic acids is 1. The molecule has 0 bridgehead atoms. The van der Waals surface area contributed by atoms with Gasteiger partial charge in [0, 0.05) is 4.88 Å². The Morgan fingerprint density at radius 1 is 1.23 bits per heavy atom. The number of unbranched alkanes of at least 4 members (excludes halogenated alkanes) is 3. The molecule has 1 aromatic carbocycles. The number of rotatable bonds is 10. The molecule has 8 heteroatoms. The van der Waals surface area contributed by atoms with Crippen LogP contribution in [-0.2, 0) is 11.2 Å². The highest BCUT2D eigenvalue weighted by molar-refractivity contribution is 7.18. The molecular weight excluding hydrogens is 412 g/mol. The van der Waals surface area contributed by atoms with Crippen LogP contribution in [0.2, 0.25) is 0 Å². The molecule has 0 saturated heterocycles. The summed E-state index contributed by atoms with van der Waals surface area (Å²) in [6, 6.07) is 7.53. The van der Waals surface area contributed by atoms with E-state index in [1.807, 2.05) is 38.1 Å². The van der Waals surface area contributed by atoms with Gasteiger partial charge < -0.3 is 9.72 Å². The van der Waals surface area contributed by atoms with E-state index in [0.29, 0.717) is 16.0 Å². The minimum atomic E-state index is -0.351. The number of hydrazone groups is 1. The molecule has 164 valence electrons. The van der Waals surface area contributed by atoms with E-state index >= 15 is 0 Å². The standard InChI is InChI=1S/C23H28N4O3S/c1-4-5-6-7-12-30-18-10-8-17(9-11-18)14-24-27-20(28)13-19-25-22(29)21-15(2)16(3)31-23(21)26-19/h8-11,14H,4-7,12-13H2,1-3H3,(H,27,28)(H,25,26,29)/b24-14+. The normalized spacial score (nSPS) is 11.3. The first-order valence-electron chi connectivity index (χ1n) is 10.5. The summed E-state index contributed by atoms with van der Waals surface area (Å²) in [7, 11) is 0. The molecule has 2 aromatic heterocycles. The summed E-state index contributed by atoms with van der Waals surface area (Å²) >= 11 is 1.46. The van der Waals surface area contributed by atoms with E-state index in [2.05, 4.69) is 27.4 Å². The topological polar surface area (TPSA) is 96.4 Å². The van der Waals surface area contributed by atoms with Crippen LogP contribution in [0.25, 0.3) is 10.2 Å². The molecule has 7 nitrogen and oxygen atoms in total. The highest BCUT2D eigenvalue weighted by Gasteiger charge is 2.13. The van der Waals surface area contributed by atoms with Crippen LogP contribution in [0.3, 0.4) is 0 Å². The summed E-state index contributed by atoms with van der Waals surface area (Å²) in [5.74, 6) is 0.796. The van der Waals surface area contributed by atoms with Gasteiger partial charge in [-0.15, -0.1) is 11.3 Å². The van der Waals surface area contributed by atoms with E-state index in [1.54, 1.807) is 6.21 Å². The fraction of sp³-hybridized carbons (Fsp3) is 0.391. The molecule has 3 rings (SSSR count). The van der Waals surface area contributed by atoms with Crippen LogP contribution in [0.15, 0.2) is 34.2 Å². The molecule has 3 aromatic rings. The number of nitrogens with zero attached hydrogens (tertiary/aromatic N) is 2. The summed E-state index contributed by atoms with van der Waals surface area (Å²) in [5, 5.41) is 4.58. The minimum absolute atomic E-state index is 0.0523. The number of H-pyrrole nitrogens is 1. The number of hydrogen-bond donors (Lipinski definition) is 2. The second-order valence-corrected chi connectivity index (χ2v) is 8.63. The lowest BCUT2D eigenvalue weighted by atomic mass is 10.2. The summed E-state index contributed by atoms with van der Waals surface area (Å²) < 4.78 is 5.72. The van der Waals surface area contributed by atoms with E-state index in [4.69, 9.17) is 4.74 Å². The van der Waals surface area contributed by atoms with Crippen molar-refractivity contribution in [1.82, 2.24) is 15.4 Å². The first-order chi connectivity index (χ1) is 15.0. The number of aryl methyl sites for hydroxylation is 2. The Morgan fingerprint density at radius 2 is 2.00 bits per heavy atom. The van der Waals surface area contributed by atoms with E-state index in [1.165, 1.54) is 30.6 Å². The summed E-state index contributed by atoms with van der Waals surface area (Å²) in [5.41, 5.74) is 4.03. The number of ether oxygens (including phenoxy) is 1. The monoisotopic (exact) mass is 440 g/mol. The lowest BCUT2D eigenvalue weighted by molar-refractivity contribution is -0.120. The smallest absolute Gasteiger partial charge is 0.259 e. The van der Waals surface area contributed by atoms with Gasteiger partial charge in [0.25, 0.3) is 5.56 Å². The number of amides is 1. The minimum Gasteiger partial charge on any atom is -0.494 e. The Balaban J connectivity index is 1.50. The fourth-order valence-corrected chi connectivity index (χ4v) is 4.17. The van der Waals surface area contributed by atoms with Crippen molar-refractivity contribution in [2.45, 2.75) is 52.9 Å². The van der Waals surface area contributed by atoms with Crippen molar-refractivity contribution >= 4 is 33.7 Å². The lowest BCUT2D eigenvalue weighted by Crippen LogP contribution is -2.23. The summed E-state index contributed by atoms with van der Waals surface area (Å²) in [4.78, 5) is 33.3. The lowest BCUT2D eigenvalue weighted by Gasteiger charge is -2.06. The van der Waals surface area contributed by atoms with Crippen molar-refractivity contribution in [2.75, 3.05) is 6.61 Å². The van der Waals surface area contributed by atoms with Crippen LogP contribution in [-0.4, -0.2) is 28.7 Å². The van der Waals surface area contributed by atoms with Crippen LogP contribution in [0.5, 0.6) is 5.75 Å². The largest absolute Gasteiger partial charge is 0.494 e. The van der Waals surface area contributed by atoms with Gasteiger partial charge in [-0.3, -0.25) is 9.59 Å². The summed E-state index contributed by atoms with van der Waals surface area (Å²) in [6.07, 6.45) is 6.20. The molecule has 0 spiro atoms. The van der Waals surface area contributed by atoms with Gasteiger partial charge in [0.2, 0.25) is 5.91 Å². The fourth-order valence-electron chi connectivity index (χ4n) is 3.12. The Labute approximate surface area is 185 Å². The molecule has 2 heterocycles. The molecule has 0 radical (unpaired) electrons.